The van der Waals surface area contributed by atoms with E-state index in [1.165, 1.54) is 18.2 Å². The first kappa shape index (κ1) is 19.4. The van der Waals surface area contributed by atoms with Crippen LogP contribution in [-0.2, 0) is 6.54 Å². The molecule has 148 valence electrons. The van der Waals surface area contributed by atoms with Crippen molar-refractivity contribution in [2.75, 3.05) is 5.32 Å². The van der Waals surface area contributed by atoms with Gasteiger partial charge in [0.05, 0.1) is 0 Å². The summed E-state index contributed by atoms with van der Waals surface area (Å²) in [7, 11) is 1.58. The Labute approximate surface area is 172 Å². The van der Waals surface area contributed by atoms with Crippen LogP contribution in [0.5, 0.6) is 0 Å². The summed E-state index contributed by atoms with van der Waals surface area (Å²) < 4.78 is 15.2. The Kier molecular flexibility index (Phi) is 5.10. The predicted octanol–water partition coefficient (Wildman–Crippen LogP) is 2.62. The standard InChI is InChI=1S/C21H17BFN5O2/c1-12-20(27-22-28(12)11-13-5-4-6-14(23)9-13)26-21(30)16-10-18(19(24)29)25-17-8-3-2-7-15(16)17/h2-10H,11H2,1H3,(H2,24,29)(H,26,30). The van der Waals surface area contributed by atoms with E-state index >= 15 is 0 Å². The molecule has 0 aliphatic heterocycles. The van der Waals surface area contributed by atoms with E-state index in [1.807, 2.05) is 10.5 Å². The van der Waals surface area contributed by atoms with Crippen LogP contribution in [0.3, 0.4) is 0 Å². The van der Waals surface area contributed by atoms with Gasteiger partial charge in [-0.2, -0.15) is 0 Å². The van der Waals surface area contributed by atoms with Gasteiger partial charge in [-0.1, -0.05) is 0 Å². The monoisotopic (exact) mass is 401 g/mol. The van der Waals surface area contributed by atoms with Crippen molar-refractivity contribution in [1.82, 2.24) is 14.3 Å². The number of para-hydroxylation sites is 1. The molecule has 0 unspecified atom stereocenters. The van der Waals surface area contributed by atoms with E-state index in [2.05, 4.69) is 15.2 Å². The van der Waals surface area contributed by atoms with Crippen LogP contribution in [0.2, 0.25) is 0 Å². The summed E-state index contributed by atoms with van der Waals surface area (Å²) in [5, 5.41) is 3.37. The molecule has 4 rings (SSSR count). The van der Waals surface area contributed by atoms with Crippen molar-refractivity contribution in [3.8, 4) is 0 Å². The van der Waals surface area contributed by atoms with Crippen LogP contribution in [-0.4, -0.2) is 33.4 Å². The van der Waals surface area contributed by atoms with Crippen LogP contribution >= 0.6 is 0 Å². The van der Waals surface area contributed by atoms with Gasteiger partial charge in [-0.15, -0.1) is 0 Å². The minimum atomic E-state index is -0.717. The van der Waals surface area contributed by atoms with Gasteiger partial charge in [0, 0.05) is 0 Å². The van der Waals surface area contributed by atoms with E-state index in [1.54, 1.807) is 44.5 Å². The van der Waals surface area contributed by atoms with Crippen molar-refractivity contribution in [2.45, 2.75) is 13.5 Å². The van der Waals surface area contributed by atoms with E-state index < -0.39 is 11.8 Å². The molecule has 2 heterocycles. The van der Waals surface area contributed by atoms with Crippen LogP contribution in [0, 0.1) is 12.7 Å². The quantitative estimate of drug-likeness (QED) is 0.537. The Morgan fingerprint density at radius 3 is 2.73 bits per heavy atom. The molecule has 2 aromatic carbocycles. The number of nitrogens with zero attached hydrogens (tertiary/aromatic N) is 3. The maximum atomic E-state index is 13.4. The zero-order chi connectivity index (χ0) is 21.3. The van der Waals surface area contributed by atoms with Gasteiger partial charge in [-0.3, -0.25) is 0 Å². The average molecular weight is 401 g/mol. The van der Waals surface area contributed by atoms with Crippen LogP contribution in [0.1, 0.15) is 32.1 Å². The molecule has 0 fully saturated rings. The third-order valence-electron chi connectivity index (χ3n) is 4.79. The Bertz CT molecular complexity index is 1290. The van der Waals surface area contributed by atoms with E-state index in [0.717, 1.165) is 5.56 Å². The number of amides is 2. The van der Waals surface area contributed by atoms with Gasteiger partial charge in [0.1, 0.15) is 0 Å². The van der Waals surface area contributed by atoms with Gasteiger partial charge in [-0.05, 0) is 0 Å². The number of carbonyl (C=O) groups is 2. The summed E-state index contributed by atoms with van der Waals surface area (Å²) >= 11 is 0. The number of rotatable bonds is 5. The molecule has 7 nitrogen and oxygen atoms in total. The summed E-state index contributed by atoms with van der Waals surface area (Å²) in [5.74, 6) is -1.09. The molecule has 0 radical (unpaired) electrons. The van der Waals surface area contributed by atoms with E-state index in [0.29, 0.717) is 29.0 Å². The molecule has 0 aliphatic rings. The Balaban J connectivity index is 1.63. The molecule has 0 bridgehead atoms. The number of pyridine rings is 1. The minimum absolute atomic E-state index is 0.00667. The first-order valence-corrected chi connectivity index (χ1v) is 9.19. The van der Waals surface area contributed by atoms with Gasteiger partial charge >= 0.3 is 172 Å². The number of carbonyl (C=O) groups excluding carboxylic acids is 2. The van der Waals surface area contributed by atoms with Gasteiger partial charge in [0.15, 0.2) is 0 Å². The van der Waals surface area contributed by atoms with Gasteiger partial charge in [0.2, 0.25) is 0 Å². The van der Waals surface area contributed by atoms with Crippen LogP contribution in [0.15, 0.2) is 54.6 Å². The normalized spacial score (nSPS) is 10.7. The average Bonchev–Trinajstić information content (AvgIpc) is 3.06. The number of nitrogens with two attached hydrogens (primary N) is 1. The molecule has 9 heteroatoms. The third kappa shape index (κ3) is 3.82. The van der Waals surface area contributed by atoms with Crippen molar-refractivity contribution in [2.24, 2.45) is 5.73 Å². The van der Waals surface area contributed by atoms with Crippen molar-refractivity contribution >= 4 is 35.7 Å². The SMILES string of the molecule is Cc1c(NC(=O)c2cc(C(N)=O)nc3ccccc23)nbn1Cc1cccc(F)c1. The van der Waals surface area contributed by atoms with Gasteiger partial charge < -0.3 is 0 Å². The second-order valence-corrected chi connectivity index (χ2v) is 6.83. The number of fused-ring (bicyclic) bond motifs is 1. The van der Waals surface area contributed by atoms with Crippen LogP contribution in [0.4, 0.5) is 10.2 Å². The summed E-state index contributed by atoms with van der Waals surface area (Å²) in [6.07, 6.45) is 0. The van der Waals surface area contributed by atoms with E-state index in [9.17, 15) is 14.0 Å². The van der Waals surface area contributed by atoms with Crippen LogP contribution < -0.4 is 11.1 Å². The molecular weight excluding hydrogens is 384 g/mol. The number of benzene rings is 2. The van der Waals surface area contributed by atoms with E-state index in [4.69, 9.17) is 5.73 Å². The molecule has 0 aliphatic carbocycles. The summed E-state index contributed by atoms with van der Waals surface area (Å²) in [6, 6.07) is 14.7. The van der Waals surface area contributed by atoms with Gasteiger partial charge in [-0.25, -0.2) is 0 Å². The fourth-order valence-electron chi connectivity index (χ4n) is 3.22. The molecule has 0 atom stereocenters. The van der Waals surface area contributed by atoms with Crippen molar-refractivity contribution in [3.05, 3.63) is 82.9 Å². The Morgan fingerprint density at radius 2 is 1.97 bits per heavy atom. The summed E-state index contributed by atoms with van der Waals surface area (Å²) in [5.41, 5.74) is 7.62. The number of hydrogen-bond donors (Lipinski definition) is 2. The number of nitrogens with one attached hydrogen (secondary N) is 1. The predicted molar refractivity (Wildman–Crippen MR) is 112 cm³/mol. The Morgan fingerprint density at radius 1 is 1.17 bits per heavy atom. The summed E-state index contributed by atoms with van der Waals surface area (Å²) in [4.78, 5) is 33.1. The second-order valence-electron chi connectivity index (χ2n) is 6.83. The van der Waals surface area contributed by atoms with Crippen LogP contribution in [0.25, 0.3) is 10.9 Å². The molecular formula is C21H17BFN5O2. The molecule has 30 heavy (non-hydrogen) atoms. The molecule has 0 spiro atoms. The van der Waals surface area contributed by atoms with Crippen molar-refractivity contribution < 1.29 is 14.0 Å². The number of halogens is 1. The van der Waals surface area contributed by atoms with E-state index in [-0.39, 0.29) is 17.1 Å². The zero-order valence-corrected chi connectivity index (χ0v) is 16.1. The molecule has 2 aromatic heterocycles. The van der Waals surface area contributed by atoms with Gasteiger partial charge in [0.25, 0.3) is 0 Å². The molecule has 2 amide bonds. The molecule has 4 aromatic rings. The molecule has 0 saturated heterocycles. The zero-order valence-electron chi connectivity index (χ0n) is 16.1. The number of primary amides is 1. The van der Waals surface area contributed by atoms with Crippen molar-refractivity contribution in [3.63, 3.8) is 0 Å². The fraction of sp³-hybridized carbons (Fsp3) is 0.0952. The number of hydrogen-bond acceptors (Lipinski definition) is 4. The second kappa shape index (κ2) is 7.86. The summed E-state index contributed by atoms with van der Waals surface area (Å²) in [6.45, 7) is 2.22. The maximum absolute atomic E-state index is 13.4. The molecule has 0 saturated carbocycles. The van der Waals surface area contributed by atoms with Crippen molar-refractivity contribution in [1.29, 1.82) is 0 Å². The topological polar surface area (TPSA) is 103 Å². The molecule has 3 N–H and O–H groups in total. The Hall–Kier alpha value is -3.88. The number of anilines is 1. The first-order valence-electron chi connectivity index (χ1n) is 9.19. The number of aromatic nitrogens is 3. The first-order chi connectivity index (χ1) is 14.4. The fourth-order valence-corrected chi connectivity index (χ4v) is 3.22. The third-order valence-corrected chi connectivity index (χ3v) is 4.79.